The van der Waals surface area contributed by atoms with Crippen LogP contribution in [0.2, 0.25) is 0 Å². The Labute approximate surface area is 170 Å². The van der Waals surface area contributed by atoms with Gasteiger partial charge in [-0.25, -0.2) is 9.37 Å². The van der Waals surface area contributed by atoms with Crippen LogP contribution in [0.5, 0.6) is 5.75 Å². The zero-order chi connectivity index (χ0) is 20.4. The molecule has 4 aromatic rings. The average molecular weight is 410 g/mol. The van der Waals surface area contributed by atoms with Crippen LogP contribution in [-0.2, 0) is 6.54 Å². The minimum Gasteiger partial charge on any atom is -0.491 e. The standard InChI is InChI=1S/C22H19FN2O3S/c1-14-2-4-15(5-3-14)19-12-29-21-20(19)22(27)25(13-24-21)10-17(26)11-28-18-8-6-16(23)7-9-18/h2-9,12-13,17,26H,10-11H2,1H3/t17-/m0/s1. The molecule has 29 heavy (non-hydrogen) atoms. The summed E-state index contributed by atoms with van der Waals surface area (Å²) in [5.41, 5.74) is 2.74. The maximum Gasteiger partial charge on any atom is 0.262 e. The van der Waals surface area contributed by atoms with Gasteiger partial charge in [0.05, 0.1) is 18.3 Å². The second-order valence-corrected chi connectivity index (χ2v) is 7.67. The van der Waals surface area contributed by atoms with Gasteiger partial charge >= 0.3 is 0 Å². The van der Waals surface area contributed by atoms with Gasteiger partial charge in [-0.15, -0.1) is 11.3 Å². The van der Waals surface area contributed by atoms with Crippen molar-refractivity contribution < 1.29 is 14.2 Å². The highest BCUT2D eigenvalue weighted by molar-refractivity contribution is 7.17. The van der Waals surface area contributed by atoms with Crippen molar-refractivity contribution in [1.29, 1.82) is 0 Å². The first-order valence-electron chi connectivity index (χ1n) is 9.11. The van der Waals surface area contributed by atoms with E-state index >= 15 is 0 Å². The molecule has 2 aromatic heterocycles. The number of rotatable bonds is 6. The Morgan fingerprint density at radius 3 is 2.62 bits per heavy atom. The largest absolute Gasteiger partial charge is 0.491 e. The maximum atomic E-state index is 13.0. The number of halogens is 1. The van der Waals surface area contributed by atoms with Crippen LogP contribution in [-0.4, -0.2) is 27.4 Å². The van der Waals surface area contributed by atoms with Crippen molar-refractivity contribution in [3.63, 3.8) is 0 Å². The van der Waals surface area contributed by atoms with Gasteiger partial charge in [0.25, 0.3) is 5.56 Å². The zero-order valence-corrected chi connectivity index (χ0v) is 16.5. The molecule has 4 rings (SSSR count). The topological polar surface area (TPSA) is 64.3 Å². The Kier molecular flexibility index (Phi) is 5.42. The molecule has 2 aromatic carbocycles. The summed E-state index contributed by atoms with van der Waals surface area (Å²) in [6, 6.07) is 13.5. The summed E-state index contributed by atoms with van der Waals surface area (Å²) in [7, 11) is 0. The molecule has 0 saturated carbocycles. The van der Waals surface area contributed by atoms with Crippen LogP contribution in [0.25, 0.3) is 21.3 Å². The fraction of sp³-hybridized carbons (Fsp3) is 0.182. The molecule has 7 heteroatoms. The number of thiophene rings is 1. The van der Waals surface area contributed by atoms with Crippen LogP contribution in [0.15, 0.2) is 65.0 Å². The lowest BCUT2D eigenvalue weighted by Gasteiger charge is -2.14. The second kappa shape index (κ2) is 8.14. The van der Waals surface area contributed by atoms with E-state index in [0.717, 1.165) is 16.7 Å². The van der Waals surface area contributed by atoms with Gasteiger partial charge in [0.1, 0.15) is 29.1 Å². The second-order valence-electron chi connectivity index (χ2n) is 6.82. The van der Waals surface area contributed by atoms with Crippen molar-refractivity contribution in [2.24, 2.45) is 0 Å². The molecule has 5 nitrogen and oxygen atoms in total. The van der Waals surface area contributed by atoms with E-state index in [0.29, 0.717) is 16.0 Å². The van der Waals surface area contributed by atoms with Crippen molar-refractivity contribution in [3.05, 3.63) is 82.0 Å². The Balaban J connectivity index is 1.55. The summed E-state index contributed by atoms with van der Waals surface area (Å²) in [4.78, 5) is 18.1. The lowest BCUT2D eigenvalue weighted by atomic mass is 10.1. The van der Waals surface area contributed by atoms with Gasteiger partial charge < -0.3 is 9.84 Å². The Morgan fingerprint density at radius 1 is 1.17 bits per heavy atom. The quantitative estimate of drug-likeness (QED) is 0.522. The number of nitrogens with zero attached hydrogens (tertiary/aromatic N) is 2. The third-order valence-corrected chi connectivity index (χ3v) is 5.47. The fourth-order valence-corrected chi connectivity index (χ4v) is 3.95. The summed E-state index contributed by atoms with van der Waals surface area (Å²) in [6.45, 7) is 2.04. The number of aryl methyl sites for hydroxylation is 1. The Morgan fingerprint density at radius 2 is 1.90 bits per heavy atom. The number of aromatic nitrogens is 2. The number of fused-ring (bicyclic) bond motifs is 1. The van der Waals surface area contributed by atoms with Crippen molar-refractivity contribution in [1.82, 2.24) is 9.55 Å². The number of aliphatic hydroxyl groups is 1. The first kappa shape index (κ1) is 19.3. The summed E-state index contributed by atoms with van der Waals surface area (Å²) in [5, 5.41) is 12.8. The van der Waals surface area contributed by atoms with Crippen LogP contribution in [0.1, 0.15) is 5.56 Å². The minimum absolute atomic E-state index is 0.0232. The fourth-order valence-electron chi connectivity index (χ4n) is 3.05. The van der Waals surface area contributed by atoms with E-state index in [-0.39, 0.29) is 24.5 Å². The summed E-state index contributed by atoms with van der Waals surface area (Å²) < 4.78 is 19.8. The molecule has 0 aliphatic rings. The SMILES string of the molecule is Cc1ccc(-c2csc3ncn(C[C@H](O)COc4ccc(F)cc4)c(=O)c23)cc1. The van der Waals surface area contributed by atoms with Gasteiger partial charge in [-0.2, -0.15) is 0 Å². The van der Waals surface area contributed by atoms with Crippen LogP contribution < -0.4 is 10.3 Å². The predicted molar refractivity (Wildman–Crippen MR) is 112 cm³/mol. The molecule has 0 fully saturated rings. The van der Waals surface area contributed by atoms with Gasteiger partial charge in [0, 0.05) is 10.9 Å². The molecule has 148 valence electrons. The molecule has 0 aliphatic heterocycles. The smallest absolute Gasteiger partial charge is 0.262 e. The number of hydrogen-bond donors (Lipinski definition) is 1. The van der Waals surface area contributed by atoms with Crippen molar-refractivity contribution >= 4 is 21.6 Å². The average Bonchev–Trinajstić information content (AvgIpc) is 3.15. The molecule has 1 N–H and O–H groups in total. The number of benzene rings is 2. The Bertz CT molecular complexity index is 1180. The van der Waals surface area contributed by atoms with E-state index in [1.54, 1.807) is 0 Å². The minimum atomic E-state index is -0.918. The molecule has 0 saturated heterocycles. The van der Waals surface area contributed by atoms with E-state index in [9.17, 15) is 14.3 Å². The zero-order valence-electron chi connectivity index (χ0n) is 15.7. The van der Waals surface area contributed by atoms with Crippen LogP contribution in [0.4, 0.5) is 4.39 Å². The molecule has 1 atom stereocenters. The summed E-state index contributed by atoms with van der Waals surface area (Å²) in [6.07, 6.45) is 0.528. The van der Waals surface area contributed by atoms with Crippen LogP contribution in [0, 0.1) is 12.7 Å². The van der Waals surface area contributed by atoms with Crippen LogP contribution >= 0.6 is 11.3 Å². The van der Waals surface area contributed by atoms with Gasteiger partial charge in [0.15, 0.2) is 0 Å². The molecule has 0 radical (unpaired) electrons. The molecule has 2 heterocycles. The molecule has 0 bridgehead atoms. The molecule has 0 unspecified atom stereocenters. The molecule has 0 amide bonds. The van der Waals surface area contributed by atoms with E-state index in [2.05, 4.69) is 4.98 Å². The van der Waals surface area contributed by atoms with Gasteiger partial charge in [-0.05, 0) is 36.8 Å². The Hall–Kier alpha value is -3.03. The molecular formula is C22H19FN2O3S. The first-order chi connectivity index (χ1) is 14.0. The summed E-state index contributed by atoms with van der Waals surface area (Å²) >= 11 is 1.42. The van der Waals surface area contributed by atoms with E-state index in [4.69, 9.17) is 4.74 Å². The van der Waals surface area contributed by atoms with Crippen molar-refractivity contribution in [3.8, 4) is 16.9 Å². The van der Waals surface area contributed by atoms with Gasteiger partial charge in [-0.1, -0.05) is 29.8 Å². The normalized spacial score (nSPS) is 12.2. The number of aliphatic hydroxyl groups excluding tert-OH is 1. The van der Waals surface area contributed by atoms with E-state index < -0.39 is 6.10 Å². The highest BCUT2D eigenvalue weighted by Gasteiger charge is 2.15. The maximum absolute atomic E-state index is 13.0. The monoisotopic (exact) mass is 410 g/mol. The third kappa shape index (κ3) is 4.21. The molecule has 0 aliphatic carbocycles. The lowest BCUT2D eigenvalue weighted by Crippen LogP contribution is -2.30. The van der Waals surface area contributed by atoms with E-state index in [1.165, 1.54) is 46.5 Å². The van der Waals surface area contributed by atoms with Gasteiger partial charge in [0.2, 0.25) is 0 Å². The third-order valence-electron chi connectivity index (χ3n) is 4.59. The predicted octanol–water partition coefficient (Wildman–Crippen LogP) is 4.01. The molecule has 0 spiro atoms. The van der Waals surface area contributed by atoms with E-state index in [1.807, 2.05) is 36.6 Å². The van der Waals surface area contributed by atoms with Crippen molar-refractivity contribution in [2.75, 3.05) is 6.61 Å². The van der Waals surface area contributed by atoms with Crippen molar-refractivity contribution in [2.45, 2.75) is 19.6 Å². The lowest BCUT2D eigenvalue weighted by molar-refractivity contribution is 0.0914. The summed E-state index contributed by atoms with van der Waals surface area (Å²) in [5.74, 6) is 0.0924. The van der Waals surface area contributed by atoms with Crippen LogP contribution in [0.3, 0.4) is 0 Å². The number of ether oxygens (including phenoxy) is 1. The highest BCUT2D eigenvalue weighted by atomic mass is 32.1. The number of hydrogen-bond acceptors (Lipinski definition) is 5. The van der Waals surface area contributed by atoms with Gasteiger partial charge in [-0.3, -0.25) is 9.36 Å². The first-order valence-corrected chi connectivity index (χ1v) is 9.99. The molecular weight excluding hydrogens is 391 g/mol. The highest BCUT2D eigenvalue weighted by Crippen LogP contribution is 2.30.